The minimum atomic E-state index is -0.222. The third-order valence-electron chi connectivity index (χ3n) is 4.45. The third kappa shape index (κ3) is 4.50. The standard InChI is InChI=1S/C22H22BrNO2/c1-22(2)13-19(25)21(20(26)14-22)18(12-15-6-4-3-5-7-15)24-17-10-8-16(23)9-11-17/h3-11,25H,12-14H2,1-2H3. The number of rotatable bonds is 4. The zero-order valence-corrected chi connectivity index (χ0v) is 16.6. The number of aliphatic hydroxyl groups is 1. The van der Waals surface area contributed by atoms with Crippen molar-refractivity contribution >= 4 is 33.1 Å². The number of benzene rings is 2. The van der Waals surface area contributed by atoms with E-state index in [9.17, 15) is 9.90 Å². The van der Waals surface area contributed by atoms with Crippen molar-refractivity contribution in [3.8, 4) is 0 Å². The first-order valence-electron chi connectivity index (χ1n) is 8.67. The molecule has 0 spiro atoms. The van der Waals surface area contributed by atoms with Crippen molar-refractivity contribution < 1.29 is 9.90 Å². The highest BCUT2D eigenvalue weighted by Gasteiger charge is 2.35. The average molecular weight is 412 g/mol. The molecule has 3 rings (SSSR count). The van der Waals surface area contributed by atoms with Crippen molar-refractivity contribution in [2.24, 2.45) is 10.4 Å². The molecule has 1 N–H and O–H groups in total. The third-order valence-corrected chi connectivity index (χ3v) is 4.97. The second kappa shape index (κ2) is 7.58. The van der Waals surface area contributed by atoms with Gasteiger partial charge in [0.2, 0.25) is 0 Å². The summed E-state index contributed by atoms with van der Waals surface area (Å²) in [6.07, 6.45) is 1.41. The fraction of sp³-hybridized carbons (Fsp3) is 0.273. The van der Waals surface area contributed by atoms with E-state index in [1.807, 2.05) is 68.4 Å². The summed E-state index contributed by atoms with van der Waals surface area (Å²) < 4.78 is 0.971. The van der Waals surface area contributed by atoms with Crippen LogP contribution in [0.4, 0.5) is 5.69 Å². The summed E-state index contributed by atoms with van der Waals surface area (Å²) in [7, 11) is 0. The van der Waals surface area contributed by atoms with Gasteiger partial charge in [0.05, 0.1) is 17.0 Å². The molecule has 0 saturated carbocycles. The van der Waals surface area contributed by atoms with E-state index in [-0.39, 0.29) is 17.0 Å². The first-order valence-corrected chi connectivity index (χ1v) is 9.46. The summed E-state index contributed by atoms with van der Waals surface area (Å²) in [5, 5.41) is 10.6. The molecule has 1 aliphatic rings. The summed E-state index contributed by atoms with van der Waals surface area (Å²) in [6, 6.07) is 17.5. The fourth-order valence-corrected chi connectivity index (χ4v) is 3.52. The van der Waals surface area contributed by atoms with E-state index in [1.54, 1.807) is 0 Å². The maximum absolute atomic E-state index is 12.8. The van der Waals surface area contributed by atoms with Gasteiger partial charge in [-0.3, -0.25) is 9.79 Å². The Hall–Kier alpha value is -2.20. The van der Waals surface area contributed by atoms with Crippen molar-refractivity contribution in [3.05, 3.63) is 76.0 Å². The van der Waals surface area contributed by atoms with Gasteiger partial charge >= 0.3 is 0 Å². The van der Waals surface area contributed by atoms with Crippen LogP contribution in [0.5, 0.6) is 0 Å². The quantitative estimate of drug-likeness (QED) is 0.630. The maximum Gasteiger partial charge on any atom is 0.168 e. The average Bonchev–Trinajstić information content (AvgIpc) is 2.56. The van der Waals surface area contributed by atoms with Crippen LogP contribution >= 0.6 is 15.9 Å². The molecule has 0 unspecified atom stereocenters. The molecule has 26 heavy (non-hydrogen) atoms. The van der Waals surface area contributed by atoms with E-state index < -0.39 is 0 Å². The van der Waals surface area contributed by atoms with Gasteiger partial charge in [0.1, 0.15) is 5.76 Å². The second-order valence-corrected chi connectivity index (χ2v) is 8.38. The van der Waals surface area contributed by atoms with Crippen molar-refractivity contribution in [2.75, 3.05) is 0 Å². The Morgan fingerprint density at radius 2 is 1.73 bits per heavy atom. The minimum absolute atomic E-state index is 0.0365. The number of carbonyl (C=O) groups is 1. The van der Waals surface area contributed by atoms with Gasteiger partial charge in [-0.1, -0.05) is 60.1 Å². The summed E-state index contributed by atoms with van der Waals surface area (Å²) in [5.74, 6) is 0.114. The topological polar surface area (TPSA) is 49.7 Å². The molecule has 0 aliphatic heterocycles. The van der Waals surface area contributed by atoms with Crippen molar-refractivity contribution in [2.45, 2.75) is 33.1 Å². The number of Topliss-reactive ketones (excluding diaryl/α,β-unsaturated/α-hetero) is 1. The number of ketones is 1. The van der Waals surface area contributed by atoms with E-state index in [2.05, 4.69) is 15.9 Å². The van der Waals surface area contributed by atoms with E-state index in [1.165, 1.54) is 0 Å². The molecule has 0 aromatic heterocycles. The van der Waals surface area contributed by atoms with Crippen LogP contribution in [-0.2, 0) is 11.2 Å². The molecule has 4 heteroatoms. The van der Waals surface area contributed by atoms with Gasteiger partial charge in [0.25, 0.3) is 0 Å². The van der Waals surface area contributed by atoms with Crippen LogP contribution in [0.1, 0.15) is 32.3 Å². The molecule has 2 aromatic rings. The van der Waals surface area contributed by atoms with Crippen LogP contribution in [0.25, 0.3) is 0 Å². The molecule has 0 radical (unpaired) electrons. The van der Waals surface area contributed by atoms with Crippen molar-refractivity contribution in [3.63, 3.8) is 0 Å². The van der Waals surface area contributed by atoms with Crippen LogP contribution in [0.15, 0.2) is 75.4 Å². The smallest absolute Gasteiger partial charge is 0.168 e. The first-order chi connectivity index (χ1) is 12.3. The number of aliphatic hydroxyl groups excluding tert-OH is 1. The maximum atomic E-state index is 12.8. The summed E-state index contributed by atoms with van der Waals surface area (Å²) in [4.78, 5) is 17.5. The summed E-state index contributed by atoms with van der Waals surface area (Å²) in [6.45, 7) is 4.00. The van der Waals surface area contributed by atoms with Gasteiger partial charge in [-0.15, -0.1) is 0 Å². The van der Waals surface area contributed by atoms with Gasteiger partial charge in [-0.2, -0.15) is 0 Å². The molecule has 134 valence electrons. The van der Waals surface area contributed by atoms with Gasteiger partial charge in [0, 0.05) is 23.7 Å². The predicted octanol–water partition coefficient (Wildman–Crippen LogP) is 5.97. The zero-order chi connectivity index (χ0) is 18.7. The van der Waals surface area contributed by atoms with Crippen LogP contribution in [0.2, 0.25) is 0 Å². The Morgan fingerprint density at radius 3 is 2.35 bits per heavy atom. The van der Waals surface area contributed by atoms with Crippen molar-refractivity contribution in [1.29, 1.82) is 0 Å². The molecular weight excluding hydrogens is 390 g/mol. The van der Waals surface area contributed by atoms with Gasteiger partial charge in [-0.05, 0) is 35.2 Å². The number of hydrogen-bond donors (Lipinski definition) is 1. The van der Waals surface area contributed by atoms with E-state index in [0.717, 1.165) is 15.7 Å². The number of hydrogen-bond acceptors (Lipinski definition) is 3. The van der Waals surface area contributed by atoms with Crippen LogP contribution in [0, 0.1) is 5.41 Å². The summed E-state index contributed by atoms with van der Waals surface area (Å²) >= 11 is 3.42. The molecule has 2 aromatic carbocycles. The lowest BCUT2D eigenvalue weighted by atomic mass is 9.75. The molecule has 1 aliphatic carbocycles. The van der Waals surface area contributed by atoms with Gasteiger partial charge in [0.15, 0.2) is 5.78 Å². The first kappa shape index (κ1) is 18.6. The number of aliphatic imine (C=N–C) groups is 1. The van der Waals surface area contributed by atoms with Gasteiger partial charge < -0.3 is 5.11 Å². The second-order valence-electron chi connectivity index (χ2n) is 7.46. The van der Waals surface area contributed by atoms with Crippen LogP contribution < -0.4 is 0 Å². The molecule has 0 amide bonds. The lowest BCUT2D eigenvalue weighted by molar-refractivity contribution is -0.117. The SMILES string of the molecule is CC1(C)CC(=O)C(C(Cc2ccccc2)=Nc2ccc(Br)cc2)=C(O)C1. The molecular formula is C22H22BrNO2. The highest BCUT2D eigenvalue weighted by molar-refractivity contribution is 9.10. The molecule has 0 heterocycles. The normalized spacial score (nSPS) is 17.5. The Bertz CT molecular complexity index is 865. The monoisotopic (exact) mass is 411 g/mol. The molecule has 0 saturated heterocycles. The summed E-state index contributed by atoms with van der Waals surface area (Å²) in [5.41, 5.74) is 2.60. The Balaban J connectivity index is 2.05. The highest BCUT2D eigenvalue weighted by Crippen LogP contribution is 2.37. The Labute approximate surface area is 162 Å². The van der Waals surface area contributed by atoms with Crippen molar-refractivity contribution in [1.82, 2.24) is 0 Å². The molecule has 0 fully saturated rings. The minimum Gasteiger partial charge on any atom is -0.511 e. The molecule has 3 nitrogen and oxygen atoms in total. The molecule has 0 atom stereocenters. The number of nitrogens with zero attached hydrogens (tertiary/aromatic N) is 1. The Kier molecular flexibility index (Phi) is 5.42. The zero-order valence-electron chi connectivity index (χ0n) is 15.0. The number of allylic oxidation sites excluding steroid dienone is 2. The van der Waals surface area contributed by atoms with Crippen LogP contribution in [0.3, 0.4) is 0 Å². The lowest BCUT2D eigenvalue weighted by Crippen LogP contribution is -2.30. The fourth-order valence-electron chi connectivity index (χ4n) is 3.26. The van der Waals surface area contributed by atoms with Crippen LogP contribution in [-0.4, -0.2) is 16.6 Å². The highest BCUT2D eigenvalue weighted by atomic mass is 79.9. The number of carbonyl (C=O) groups excluding carboxylic acids is 1. The van der Waals surface area contributed by atoms with E-state index in [4.69, 9.17) is 4.99 Å². The predicted molar refractivity (Wildman–Crippen MR) is 109 cm³/mol. The number of halogens is 1. The van der Waals surface area contributed by atoms with E-state index in [0.29, 0.717) is 30.5 Å². The lowest BCUT2D eigenvalue weighted by Gasteiger charge is -2.30. The molecule has 0 bridgehead atoms. The Morgan fingerprint density at radius 1 is 1.08 bits per heavy atom. The largest absolute Gasteiger partial charge is 0.511 e. The van der Waals surface area contributed by atoms with Gasteiger partial charge in [-0.25, -0.2) is 0 Å². The van der Waals surface area contributed by atoms with E-state index >= 15 is 0 Å².